The Morgan fingerprint density at radius 3 is 2.86 bits per heavy atom. The van der Waals surface area contributed by atoms with E-state index < -0.39 is 11.2 Å². The van der Waals surface area contributed by atoms with E-state index in [-0.39, 0.29) is 0 Å². The largest absolute Gasteiger partial charge is 0.616 e. The molecule has 0 saturated carbocycles. The molecule has 0 fully saturated rings. The molecule has 0 spiro atoms. The summed E-state index contributed by atoms with van der Waals surface area (Å²) in [5.74, 6) is 2.44. The van der Waals surface area contributed by atoms with Crippen LogP contribution in [0, 0.1) is 0 Å². The first kappa shape index (κ1) is 14.5. The molecule has 0 aliphatic heterocycles. The van der Waals surface area contributed by atoms with Crippen molar-refractivity contribution in [1.29, 1.82) is 0 Å². The molecule has 0 aliphatic rings. The Bertz CT molecular complexity index is 159. The molecule has 0 bridgehead atoms. The third kappa shape index (κ3) is 10.6. The Labute approximate surface area is 98.4 Å². The van der Waals surface area contributed by atoms with Crippen LogP contribution in [0.15, 0.2) is 24.1 Å². The average Bonchev–Trinajstić information content (AvgIpc) is 2.17. The molecule has 0 aromatic rings. The van der Waals surface area contributed by atoms with E-state index in [9.17, 15) is 4.55 Å². The van der Waals surface area contributed by atoms with Crippen molar-refractivity contribution in [2.24, 2.45) is 0 Å². The molecular formula is C10H18OS3. The van der Waals surface area contributed by atoms with Crippen LogP contribution in [0.1, 0.15) is 19.8 Å². The Hall–Kier alpha value is 0.490. The Morgan fingerprint density at radius 1 is 1.43 bits per heavy atom. The fourth-order valence-electron chi connectivity index (χ4n) is 0.676. The van der Waals surface area contributed by atoms with Crippen LogP contribution in [0.4, 0.5) is 0 Å². The summed E-state index contributed by atoms with van der Waals surface area (Å²) in [5, 5.41) is 2.03. The lowest BCUT2D eigenvalue weighted by Gasteiger charge is -2.04. The Balaban J connectivity index is 3.22. The van der Waals surface area contributed by atoms with Crippen molar-refractivity contribution in [3.8, 4) is 0 Å². The van der Waals surface area contributed by atoms with Crippen molar-refractivity contribution in [3.63, 3.8) is 0 Å². The van der Waals surface area contributed by atoms with Crippen LogP contribution in [-0.4, -0.2) is 21.8 Å². The van der Waals surface area contributed by atoms with Gasteiger partial charge in [0.25, 0.3) is 0 Å². The summed E-state index contributed by atoms with van der Waals surface area (Å²) in [5.41, 5.74) is 0. The van der Waals surface area contributed by atoms with Gasteiger partial charge >= 0.3 is 0 Å². The molecule has 4 heteroatoms. The molecule has 82 valence electrons. The fourth-order valence-corrected chi connectivity index (χ4v) is 3.38. The van der Waals surface area contributed by atoms with Gasteiger partial charge < -0.3 is 4.55 Å². The van der Waals surface area contributed by atoms with Crippen LogP contribution in [0.3, 0.4) is 0 Å². The minimum absolute atomic E-state index is 0.595. The predicted molar refractivity (Wildman–Crippen MR) is 72.2 cm³/mol. The van der Waals surface area contributed by atoms with E-state index in [0.717, 1.165) is 0 Å². The van der Waals surface area contributed by atoms with Crippen molar-refractivity contribution in [3.05, 3.63) is 24.1 Å². The second kappa shape index (κ2) is 11.6. The first-order valence-electron chi connectivity index (χ1n) is 4.70. The van der Waals surface area contributed by atoms with Crippen LogP contribution in [0.2, 0.25) is 0 Å². The lowest BCUT2D eigenvalue weighted by molar-refractivity contribution is 0.601. The lowest BCUT2D eigenvalue weighted by Crippen LogP contribution is -2.06. The van der Waals surface area contributed by atoms with Gasteiger partial charge in [-0.2, -0.15) is 0 Å². The topological polar surface area (TPSA) is 23.1 Å². The number of hydrogen-bond donors (Lipinski definition) is 0. The first-order valence-corrected chi connectivity index (χ1v) is 8.57. The molecule has 1 unspecified atom stereocenters. The highest BCUT2D eigenvalue weighted by molar-refractivity contribution is 8.77. The first-order chi connectivity index (χ1) is 6.81. The van der Waals surface area contributed by atoms with Crippen molar-refractivity contribution < 1.29 is 4.55 Å². The smallest absolute Gasteiger partial charge is 0.124 e. The highest BCUT2D eigenvalue weighted by Crippen LogP contribution is 2.23. The van der Waals surface area contributed by atoms with Gasteiger partial charge in [-0.1, -0.05) is 41.5 Å². The molecule has 0 aromatic carbocycles. The highest BCUT2D eigenvalue weighted by atomic mass is 33.1. The molecule has 0 N–H and O–H groups in total. The Morgan fingerprint density at radius 2 is 2.21 bits per heavy atom. The number of unbranched alkanes of at least 4 members (excludes halogenated alkanes) is 1. The van der Waals surface area contributed by atoms with Gasteiger partial charge in [0.1, 0.15) is 11.5 Å². The van der Waals surface area contributed by atoms with E-state index in [1.165, 1.54) is 18.6 Å². The van der Waals surface area contributed by atoms with E-state index in [1.54, 1.807) is 16.9 Å². The van der Waals surface area contributed by atoms with Crippen LogP contribution < -0.4 is 0 Å². The van der Waals surface area contributed by atoms with Crippen LogP contribution in [0.5, 0.6) is 0 Å². The van der Waals surface area contributed by atoms with Gasteiger partial charge in [-0.05, 0) is 35.2 Å². The van der Waals surface area contributed by atoms with Gasteiger partial charge in [0.15, 0.2) is 0 Å². The third-order valence-electron chi connectivity index (χ3n) is 1.39. The van der Waals surface area contributed by atoms with Crippen molar-refractivity contribution in [1.82, 2.24) is 0 Å². The maximum Gasteiger partial charge on any atom is 0.124 e. The summed E-state index contributed by atoms with van der Waals surface area (Å²) < 4.78 is 11.2. The van der Waals surface area contributed by atoms with Crippen molar-refractivity contribution in [2.45, 2.75) is 19.8 Å². The van der Waals surface area contributed by atoms with E-state index in [0.29, 0.717) is 11.5 Å². The summed E-state index contributed by atoms with van der Waals surface area (Å²) in [6, 6.07) is 0. The second-order valence-electron chi connectivity index (χ2n) is 2.71. The van der Waals surface area contributed by atoms with Crippen LogP contribution >= 0.6 is 21.6 Å². The van der Waals surface area contributed by atoms with E-state index >= 15 is 0 Å². The fraction of sp³-hybridized carbons (Fsp3) is 0.600. The predicted octanol–water partition coefficient (Wildman–Crippen LogP) is 3.62. The van der Waals surface area contributed by atoms with Gasteiger partial charge in [-0.15, -0.1) is 0 Å². The third-order valence-corrected chi connectivity index (χ3v) is 4.70. The Kier molecular flexibility index (Phi) is 12.0. The molecule has 14 heavy (non-hydrogen) atoms. The van der Waals surface area contributed by atoms with Gasteiger partial charge in [-0.3, -0.25) is 0 Å². The van der Waals surface area contributed by atoms with E-state index in [4.69, 9.17) is 0 Å². The molecule has 0 heterocycles. The zero-order valence-electron chi connectivity index (χ0n) is 8.61. The van der Waals surface area contributed by atoms with Crippen molar-refractivity contribution >= 4 is 32.8 Å². The molecule has 0 radical (unpaired) electrons. The van der Waals surface area contributed by atoms with Gasteiger partial charge in [0, 0.05) is 5.75 Å². The van der Waals surface area contributed by atoms with Crippen molar-refractivity contribution in [2.75, 3.05) is 17.3 Å². The van der Waals surface area contributed by atoms with Crippen LogP contribution in [0.25, 0.3) is 0 Å². The maximum atomic E-state index is 11.2. The summed E-state index contributed by atoms with van der Waals surface area (Å²) >= 11 is -0.756. The zero-order valence-corrected chi connectivity index (χ0v) is 11.1. The molecule has 0 aromatic heterocycles. The minimum Gasteiger partial charge on any atom is -0.616 e. The SMILES string of the molecule is C=CC[S+]([O-])C/C=C\SSCCCC. The zero-order chi connectivity index (χ0) is 10.6. The van der Waals surface area contributed by atoms with Gasteiger partial charge in [0.2, 0.25) is 0 Å². The summed E-state index contributed by atoms with van der Waals surface area (Å²) in [7, 11) is 3.58. The average molecular weight is 250 g/mol. The second-order valence-corrected chi connectivity index (χ2v) is 6.64. The summed E-state index contributed by atoms with van der Waals surface area (Å²) in [6.07, 6.45) is 6.20. The maximum absolute atomic E-state index is 11.2. The molecule has 1 nitrogen and oxygen atoms in total. The van der Waals surface area contributed by atoms with E-state index in [2.05, 4.69) is 13.5 Å². The standard InChI is InChI=1S/C10H18OS3/c1-3-5-7-12-13-8-6-10-14(11)9-4-2/h4,6,8H,2-3,5,7,9-10H2,1H3/b8-6-. The molecule has 0 amide bonds. The monoisotopic (exact) mass is 250 g/mol. The number of rotatable bonds is 9. The number of hydrogen-bond acceptors (Lipinski definition) is 3. The quantitative estimate of drug-likeness (QED) is 0.270. The summed E-state index contributed by atoms with van der Waals surface area (Å²) in [4.78, 5) is 0. The minimum atomic E-state index is -0.756. The lowest BCUT2D eigenvalue weighted by atomic mass is 10.4. The molecule has 0 aliphatic carbocycles. The van der Waals surface area contributed by atoms with Gasteiger partial charge in [0.05, 0.1) is 0 Å². The molecule has 0 rings (SSSR count). The van der Waals surface area contributed by atoms with Crippen LogP contribution in [-0.2, 0) is 11.2 Å². The highest BCUT2D eigenvalue weighted by Gasteiger charge is 1.97. The van der Waals surface area contributed by atoms with E-state index in [1.807, 2.05) is 22.3 Å². The normalized spacial score (nSPS) is 13.3. The molecule has 1 atom stereocenters. The molecular weight excluding hydrogens is 232 g/mol. The van der Waals surface area contributed by atoms with Gasteiger partial charge in [-0.25, -0.2) is 0 Å². The summed E-state index contributed by atoms with van der Waals surface area (Å²) in [6.45, 7) is 5.75. The molecule has 0 saturated heterocycles.